The predicted octanol–water partition coefficient (Wildman–Crippen LogP) is 2.82. The highest BCUT2D eigenvalue weighted by Gasteiger charge is 2.25. The predicted molar refractivity (Wildman–Crippen MR) is 70.9 cm³/mol. The lowest BCUT2D eigenvalue weighted by Crippen LogP contribution is -2.28. The summed E-state index contributed by atoms with van der Waals surface area (Å²) in [6.45, 7) is 3.80. The molecule has 0 saturated heterocycles. The van der Waals surface area contributed by atoms with Gasteiger partial charge in [-0.25, -0.2) is 8.42 Å². The van der Waals surface area contributed by atoms with E-state index in [-0.39, 0.29) is 12.4 Å². The van der Waals surface area contributed by atoms with E-state index in [0.717, 1.165) is 4.47 Å². The van der Waals surface area contributed by atoms with Crippen molar-refractivity contribution in [1.82, 2.24) is 4.98 Å². The molecule has 0 aliphatic heterocycles. The summed E-state index contributed by atoms with van der Waals surface area (Å²) in [7, 11) is 1.69. The Kier molecular flexibility index (Phi) is 4.80. The average molecular weight is 343 g/mol. The van der Waals surface area contributed by atoms with Gasteiger partial charge in [-0.15, -0.1) is 0 Å². The molecule has 0 fully saturated rings. The molecule has 0 amide bonds. The number of rotatable bonds is 5. The first-order chi connectivity index (χ1) is 7.68. The van der Waals surface area contributed by atoms with E-state index in [4.69, 9.17) is 15.4 Å². The second kappa shape index (κ2) is 5.54. The molecule has 1 rings (SSSR count). The Bertz CT molecular complexity index is 490. The smallest absolute Gasteiger partial charge is 0.233 e. The zero-order valence-corrected chi connectivity index (χ0v) is 12.6. The number of halogens is 2. The fourth-order valence-corrected chi connectivity index (χ4v) is 3.51. The summed E-state index contributed by atoms with van der Waals surface area (Å²) in [6, 6.07) is 1.76. The normalized spacial score (nSPS) is 12.5. The Balaban J connectivity index is 2.61. The number of aromatic nitrogens is 1. The number of hydrogen-bond donors (Lipinski definition) is 0. The fourth-order valence-electron chi connectivity index (χ4n) is 1.26. The maximum absolute atomic E-state index is 11.0. The Morgan fingerprint density at radius 1 is 1.47 bits per heavy atom. The molecule has 0 atom stereocenters. The summed E-state index contributed by atoms with van der Waals surface area (Å²) in [6.07, 6.45) is 3.21. The molecule has 0 spiro atoms. The van der Waals surface area contributed by atoms with Crippen LogP contribution in [-0.2, 0) is 9.05 Å². The van der Waals surface area contributed by atoms with Gasteiger partial charge in [-0.05, 0) is 22.0 Å². The van der Waals surface area contributed by atoms with E-state index in [1.165, 1.54) is 0 Å². The fraction of sp³-hybridized carbons (Fsp3) is 0.500. The lowest BCUT2D eigenvalue weighted by molar-refractivity contribution is 0.199. The van der Waals surface area contributed by atoms with Crippen LogP contribution in [0.4, 0.5) is 0 Å². The van der Waals surface area contributed by atoms with Crippen molar-refractivity contribution in [3.05, 3.63) is 22.9 Å². The molecule has 0 saturated carbocycles. The molecular formula is C10H13BrClNO3S. The van der Waals surface area contributed by atoms with Crippen LogP contribution in [0.3, 0.4) is 0 Å². The molecule has 0 N–H and O–H groups in total. The van der Waals surface area contributed by atoms with Crippen LogP contribution in [0.2, 0.25) is 0 Å². The molecule has 7 heteroatoms. The van der Waals surface area contributed by atoms with Gasteiger partial charge < -0.3 is 4.74 Å². The number of pyridine rings is 1. The zero-order chi connectivity index (χ0) is 13.1. The first-order valence-corrected chi connectivity index (χ1v) is 8.11. The molecule has 17 heavy (non-hydrogen) atoms. The maximum atomic E-state index is 11.0. The minimum atomic E-state index is -3.53. The van der Waals surface area contributed by atoms with Crippen molar-refractivity contribution in [2.24, 2.45) is 5.41 Å². The van der Waals surface area contributed by atoms with Gasteiger partial charge in [0.25, 0.3) is 0 Å². The van der Waals surface area contributed by atoms with Crippen LogP contribution >= 0.6 is 26.6 Å². The molecule has 0 aliphatic rings. The van der Waals surface area contributed by atoms with Gasteiger partial charge in [-0.1, -0.05) is 13.8 Å². The summed E-state index contributed by atoms with van der Waals surface area (Å²) in [5.41, 5.74) is -0.553. The minimum Gasteiger partial charge on any atom is -0.491 e. The quantitative estimate of drug-likeness (QED) is 0.772. The molecule has 0 aliphatic carbocycles. The first-order valence-electron chi connectivity index (χ1n) is 4.84. The number of nitrogens with zero attached hydrogens (tertiary/aromatic N) is 1. The van der Waals surface area contributed by atoms with Crippen LogP contribution in [0.25, 0.3) is 0 Å². The van der Waals surface area contributed by atoms with Gasteiger partial charge in [0, 0.05) is 26.8 Å². The summed E-state index contributed by atoms with van der Waals surface area (Å²) >= 11 is 3.27. The van der Waals surface area contributed by atoms with Crippen molar-refractivity contribution in [1.29, 1.82) is 0 Å². The highest BCUT2D eigenvalue weighted by atomic mass is 79.9. The summed E-state index contributed by atoms with van der Waals surface area (Å²) < 4.78 is 28.3. The standard InChI is InChI=1S/C10H13BrClNO3S/c1-10(2,7-17(12,14)15)6-16-9-3-8(11)4-13-5-9/h3-5H,6-7H2,1-2H3. The largest absolute Gasteiger partial charge is 0.491 e. The third-order valence-electron chi connectivity index (χ3n) is 1.87. The van der Waals surface area contributed by atoms with E-state index in [1.807, 2.05) is 0 Å². The Morgan fingerprint density at radius 3 is 2.65 bits per heavy atom. The van der Waals surface area contributed by atoms with Gasteiger partial charge in [-0.3, -0.25) is 4.98 Å². The van der Waals surface area contributed by atoms with Crippen LogP contribution in [0.15, 0.2) is 22.9 Å². The lowest BCUT2D eigenvalue weighted by Gasteiger charge is -2.22. The Morgan fingerprint density at radius 2 is 2.12 bits per heavy atom. The van der Waals surface area contributed by atoms with Gasteiger partial charge >= 0.3 is 0 Å². The topological polar surface area (TPSA) is 56.3 Å². The summed E-state index contributed by atoms with van der Waals surface area (Å²) in [5, 5.41) is 0. The molecule has 0 radical (unpaired) electrons. The van der Waals surface area contributed by atoms with Gasteiger partial charge in [0.15, 0.2) is 0 Å². The Labute approximate surface area is 114 Å². The molecule has 1 aromatic heterocycles. The first kappa shape index (κ1) is 14.7. The molecular weight excluding hydrogens is 330 g/mol. The molecule has 1 aromatic rings. The molecule has 0 aromatic carbocycles. The molecule has 1 heterocycles. The van der Waals surface area contributed by atoms with E-state index in [2.05, 4.69) is 20.9 Å². The van der Waals surface area contributed by atoms with Crippen LogP contribution in [0.1, 0.15) is 13.8 Å². The second-order valence-electron chi connectivity index (χ2n) is 4.47. The van der Waals surface area contributed by atoms with Crippen molar-refractivity contribution in [2.45, 2.75) is 13.8 Å². The van der Waals surface area contributed by atoms with Crippen molar-refractivity contribution in [2.75, 3.05) is 12.4 Å². The van der Waals surface area contributed by atoms with Gasteiger partial charge in [0.05, 0.1) is 18.6 Å². The van der Waals surface area contributed by atoms with Gasteiger partial charge in [0.1, 0.15) is 5.75 Å². The SMILES string of the molecule is CC(C)(COc1cncc(Br)c1)CS(=O)(=O)Cl. The highest BCUT2D eigenvalue weighted by molar-refractivity contribution is 9.10. The van der Waals surface area contributed by atoms with Crippen LogP contribution in [0, 0.1) is 5.41 Å². The number of hydrogen-bond acceptors (Lipinski definition) is 4. The Hall–Kier alpha value is -0.330. The van der Waals surface area contributed by atoms with E-state index in [0.29, 0.717) is 5.75 Å². The second-order valence-corrected chi connectivity index (χ2v) is 8.17. The lowest BCUT2D eigenvalue weighted by atomic mass is 9.98. The third kappa shape index (κ3) is 6.24. The molecule has 96 valence electrons. The van der Waals surface area contributed by atoms with Crippen LogP contribution in [-0.4, -0.2) is 25.8 Å². The van der Waals surface area contributed by atoms with E-state index in [1.54, 1.807) is 32.3 Å². The van der Waals surface area contributed by atoms with Gasteiger partial charge in [-0.2, -0.15) is 0 Å². The minimum absolute atomic E-state index is 0.136. The van der Waals surface area contributed by atoms with E-state index < -0.39 is 14.5 Å². The summed E-state index contributed by atoms with van der Waals surface area (Å²) in [5.74, 6) is 0.447. The van der Waals surface area contributed by atoms with E-state index in [9.17, 15) is 8.42 Å². The highest BCUT2D eigenvalue weighted by Crippen LogP contribution is 2.23. The molecule has 4 nitrogen and oxygen atoms in total. The van der Waals surface area contributed by atoms with Crippen molar-refractivity contribution < 1.29 is 13.2 Å². The van der Waals surface area contributed by atoms with E-state index >= 15 is 0 Å². The molecule has 0 unspecified atom stereocenters. The summed E-state index contributed by atoms with van der Waals surface area (Å²) in [4.78, 5) is 3.94. The van der Waals surface area contributed by atoms with Crippen LogP contribution < -0.4 is 4.74 Å². The third-order valence-corrected chi connectivity index (χ3v) is 3.76. The average Bonchev–Trinajstić information content (AvgIpc) is 2.11. The monoisotopic (exact) mass is 341 g/mol. The van der Waals surface area contributed by atoms with Crippen molar-refractivity contribution in [3.8, 4) is 5.75 Å². The van der Waals surface area contributed by atoms with Gasteiger partial charge in [0.2, 0.25) is 9.05 Å². The van der Waals surface area contributed by atoms with Crippen LogP contribution in [0.5, 0.6) is 5.75 Å². The van der Waals surface area contributed by atoms with Crippen molar-refractivity contribution in [3.63, 3.8) is 0 Å². The number of ether oxygens (including phenoxy) is 1. The molecule has 0 bridgehead atoms. The van der Waals surface area contributed by atoms with Crippen molar-refractivity contribution >= 4 is 35.7 Å². The zero-order valence-electron chi connectivity index (χ0n) is 9.48. The maximum Gasteiger partial charge on any atom is 0.233 e.